The molecule has 0 rings (SSSR count). The van der Waals surface area contributed by atoms with Crippen LogP contribution in [-0.2, 0) is 47.7 Å². The Morgan fingerprint density at radius 3 is 0.719 bits per heavy atom. The summed E-state index contributed by atoms with van der Waals surface area (Å²) < 4.78 is 23.3. The van der Waals surface area contributed by atoms with E-state index in [0.29, 0.717) is 52.4 Å². The zero-order valence-electron chi connectivity index (χ0n) is 78.0. The smallest absolute Gasteiger partial charge is 0.311 e. The van der Waals surface area contributed by atoms with Crippen LogP contribution in [0.5, 0.6) is 0 Å². The Labute approximate surface area is 707 Å². The van der Waals surface area contributed by atoms with Crippen LogP contribution in [0.3, 0.4) is 0 Å². The van der Waals surface area contributed by atoms with Gasteiger partial charge in [0.1, 0.15) is 0 Å². The zero-order valence-corrected chi connectivity index (χ0v) is 78.0. The van der Waals surface area contributed by atoms with E-state index in [4.69, 9.17) is 18.9 Å². The highest BCUT2D eigenvalue weighted by Gasteiger charge is 2.30. The maximum Gasteiger partial charge on any atom is 0.311 e. The third-order valence-corrected chi connectivity index (χ3v) is 24.7. The number of amides is 2. The molecule has 0 saturated carbocycles. The van der Waals surface area contributed by atoms with Crippen molar-refractivity contribution in [3.63, 3.8) is 0 Å². The van der Waals surface area contributed by atoms with Crippen LogP contribution in [0.4, 0.5) is 0 Å². The molecule has 0 fully saturated rings. The molecule has 0 aliphatic carbocycles. The highest BCUT2D eigenvalue weighted by Crippen LogP contribution is 2.31. The second kappa shape index (κ2) is 80.8. The van der Waals surface area contributed by atoms with Gasteiger partial charge in [-0.25, -0.2) is 0 Å². The minimum atomic E-state index is -0.505. The number of carbonyl (C=O) groups is 6. The van der Waals surface area contributed by atoms with Crippen molar-refractivity contribution in [2.45, 2.75) is 494 Å². The molecule has 0 aliphatic heterocycles. The van der Waals surface area contributed by atoms with Gasteiger partial charge in [-0.2, -0.15) is 0 Å². The van der Waals surface area contributed by atoms with Gasteiger partial charge in [-0.05, 0) is 180 Å². The van der Waals surface area contributed by atoms with Crippen molar-refractivity contribution in [1.82, 2.24) is 20.4 Å². The lowest BCUT2D eigenvalue weighted by Crippen LogP contribution is -2.37. The Balaban J connectivity index is 5.56. The summed E-state index contributed by atoms with van der Waals surface area (Å²) in [6.45, 7) is 34.8. The largest absolute Gasteiger partial charge is 0.466 e. The molecule has 2 N–H and O–H groups in total. The molecule has 674 valence electrons. The average Bonchev–Trinajstić information content (AvgIpc) is 0.890. The molecular weight excluding hydrogens is 1420 g/mol. The van der Waals surface area contributed by atoms with E-state index in [9.17, 15) is 28.8 Å². The average molecular weight is 1610 g/mol. The van der Waals surface area contributed by atoms with Gasteiger partial charge in [-0.3, -0.25) is 28.8 Å². The van der Waals surface area contributed by atoms with Gasteiger partial charge >= 0.3 is 23.9 Å². The van der Waals surface area contributed by atoms with Gasteiger partial charge in [0, 0.05) is 51.9 Å². The van der Waals surface area contributed by atoms with Crippen molar-refractivity contribution < 1.29 is 47.7 Å². The normalized spacial score (nSPS) is 12.1. The molecule has 14 nitrogen and oxygen atoms in total. The fourth-order valence-electron chi connectivity index (χ4n) is 16.7. The van der Waals surface area contributed by atoms with E-state index in [1.807, 2.05) is 27.7 Å². The molecule has 2 amide bonds. The molecule has 0 aromatic rings. The second-order valence-corrected chi connectivity index (χ2v) is 36.7. The van der Waals surface area contributed by atoms with Crippen molar-refractivity contribution in [2.75, 3.05) is 78.8 Å². The first-order valence-electron chi connectivity index (χ1n) is 50.0. The minimum absolute atomic E-state index is 0.0544. The lowest BCUT2D eigenvalue weighted by Gasteiger charge is -2.24. The standard InChI is InChI=1S/C100H194N4O10/c1-13-21-39-59-89(60-40-22-14-2)67-55-85-111-95(107)71-47-31-29-35-51-79-103(80-52-36-30-32-48-72-96(108)112-86-56-68-90(61-41-23-15-3)62-42-24-16-4)83-77-101-93(105)73-74-94(106)102-78-84-104(81-53-37-33-49-75-99(9,10)97(109)113-87-57-69-91(63-43-25-17-5)64-44-26-18-6)82-54-38-34-50-76-100(11,12)98(110)114-88-58-70-92(65-45-27-19-7)66-46-28-20-8/h89-92H,13-88H2,1-12H3,(H,101,105)(H,102,106). The maximum atomic E-state index is 13.4. The van der Waals surface area contributed by atoms with Crippen molar-refractivity contribution in [2.24, 2.45) is 34.5 Å². The Morgan fingerprint density at radius 2 is 0.465 bits per heavy atom. The first-order chi connectivity index (χ1) is 55.3. The molecule has 0 aromatic carbocycles. The molecule has 0 spiro atoms. The van der Waals surface area contributed by atoms with Gasteiger partial charge in [0.15, 0.2) is 0 Å². The number of esters is 4. The molecule has 0 heterocycles. The van der Waals surface area contributed by atoms with Crippen LogP contribution in [-0.4, -0.2) is 124 Å². The Hall–Kier alpha value is -3.26. The molecule has 0 atom stereocenters. The van der Waals surface area contributed by atoms with E-state index in [1.165, 1.54) is 205 Å². The molecule has 0 aromatic heterocycles. The van der Waals surface area contributed by atoms with Gasteiger partial charge in [0.25, 0.3) is 0 Å². The van der Waals surface area contributed by atoms with Gasteiger partial charge < -0.3 is 39.4 Å². The first kappa shape index (κ1) is 111. The molecule has 0 saturated heterocycles. The summed E-state index contributed by atoms with van der Waals surface area (Å²) in [5.41, 5.74) is -1.01. The summed E-state index contributed by atoms with van der Waals surface area (Å²) in [6.07, 6.45) is 71.2. The summed E-state index contributed by atoms with van der Waals surface area (Å²) in [4.78, 5) is 83.7. The molecule has 0 bridgehead atoms. The van der Waals surface area contributed by atoms with E-state index >= 15 is 0 Å². The summed E-state index contributed by atoms with van der Waals surface area (Å²) in [5.74, 6) is 2.56. The lowest BCUT2D eigenvalue weighted by atomic mass is 9.87. The highest BCUT2D eigenvalue weighted by atomic mass is 16.5. The summed E-state index contributed by atoms with van der Waals surface area (Å²) in [5, 5.41) is 6.29. The Morgan fingerprint density at radius 1 is 0.246 bits per heavy atom. The van der Waals surface area contributed by atoms with E-state index in [1.54, 1.807) is 0 Å². The van der Waals surface area contributed by atoms with Crippen molar-refractivity contribution in [3.8, 4) is 0 Å². The van der Waals surface area contributed by atoms with Crippen LogP contribution in [0.2, 0.25) is 0 Å². The zero-order chi connectivity index (χ0) is 83.9. The van der Waals surface area contributed by atoms with Crippen molar-refractivity contribution >= 4 is 35.7 Å². The Kier molecular flexibility index (Phi) is 78.5. The number of unbranched alkanes of at least 4 members (excludes halogenated alkanes) is 30. The molecule has 0 unspecified atom stereocenters. The van der Waals surface area contributed by atoms with Crippen molar-refractivity contribution in [3.05, 3.63) is 0 Å². The molecule has 114 heavy (non-hydrogen) atoms. The summed E-state index contributed by atoms with van der Waals surface area (Å²) in [7, 11) is 0. The number of nitrogens with zero attached hydrogens (tertiary/aromatic N) is 2. The van der Waals surface area contributed by atoms with Crippen LogP contribution in [0.25, 0.3) is 0 Å². The number of hydrogen-bond donors (Lipinski definition) is 2. The van der Waals surface area contributed by atoms with Crippen molar-refractivity contribution in [1.29, 1.82) is 0 Å². The summed E-state index contributed by atoms with van der Waals surface area (Å²) in [6, 6.07) is 0. The van der Waals surface area contributed by atoms with E-state index in [2.05, 4.69) is 75.8 Å². The number of hydrogen-bond acceptors (Lipinski definition) is 12. The highest BCUT2D eigenvalue weighted by molar-refractivity contribution is 5.83. The van der Waals surface area contributed by atoms with Gasteiger partial charge in [0.2, 0.25) is 11.8 Å². The van der Waals surface area contributed by atoms with Crippen LogP contribution in [0.1, 0.15) is 494 Å². The lowest BCUT2D eigenvalue weighted by molar-refractivity contribution is -0.155. The van der Waals surface area contributed by atoms with E-state index in [-0.39, 0.29) is 48.5 Å². The Bertz CT molecular complexity index is 2010. The molecule has 0 aliphatic rings. The van der Waals surface area contributed by atoms with Gasteiger partial charge in [-0.1, -0.05) is 338 Å². The minimum Gasteiger partial charge on any atom is -0.466 e. The number of carbonyl (C=O) groups excluding carboxylic acids is 6. The van der Waals surface area contributed by atoms with Crippen LogP contribution < -0.4 is 10.6 Å². The predicted octanol–water partition coefficient (Wildman–Crippen LogP) is 27.6. The molecule has 14 heteroatoms. The van der Waals surface area contributed by atoms with Crippen LogP contribution in [0, 0.1) is 34.5 Å². The SMILES string of the molecule is CCCCCC(CCCCC)CCCOC(=O)CCCCCCCN(CCCCCCCC(=O)OCCCC(CCCCC)CCCCC)CCNC(=O)CCC(=O)NCCN(CCCCCCC(C)(C)C(=O)OCCCC(CCCCC)CCCCC)CCCCCCC(C)(C)C(=O)OCCCC(CCCCC)CCCCC. The number of ether oxygens (including phenoxy) is 4. The quantitative estimate of drug-likeness (QED) is 0.0336. The second-order valence-electron chi connectivity index (χ2n) is 36.7. The maximum absolute atomic E-state index is 13.4. The number of nitrogens with one attached hydrogen (secondary N) is 2. The molecular formula is C100H194N4O10. The summed E-state index contributed by atoms with van der Waals surface area (Å²) >= 11 is 0. The van der Waals surface area contributed by atoms with Crippen LogP contribution >= 0.6 is 0 Å². The van der Waals surface area contributed by atoms with Crippen LogP contribution in [0.15, 0.2) is 0 Å². The van der Waals surface area contributed by atoms with E-state index in [0.717, 1.165) is 243 Å². The molecule has 0 radical (unpaired) electrons. The fraction of sp³-hybridized carbons (Fsp3) is 0.940. The monoisotopic (exact) mass is 1610 g/mol. The number of rotatable bonds is 89. The first-order valence-corrected chi connectivity index (χ1v) is 50.0. The topological polar surface area (TPSA) is 170 Å². The third-order valence-electron chi connectivity index (χ3n) is 24.7. The third kappa shape index (κ3) is 70.6. The van der Waals surface area contributed by atoms with Gasteiger partial charge in [-0.15, -0.1) is 0 Å². The van der Waals surface area contributed by atoms with Gasteiger partial charge in [0.05, 0.1) is 37.3 Å². The van der Waals surface area contributed by atoms with E-state index < -0.39 is 10.8 Å². The predicted molar refractivity (Wildman–Crippen MR) is 485 cm³/mol. The fourth-order valence-corrected chi connectivity index (χ4v) is 16.7.